The maximum atomic E-state index is 12.7. The summed E-state index contributed by atoms with van der Waals surface area (Å²) in [7, 11) is 3.11. The molecule has 0 radical (unpaired) electrons. The van der Waals surface area contributed by atoms with Gasteiger partial charge in [-0.3, -0.25) is 9.59 Å². The number of hydrogen-bond acceptors (Lipinski definition) is 4. The zero-order valence-electron chi connectivity index (χ0n) is 16.4. The van der Waals surface area contributed by atoms with E-state index in [0.29, 0.717) is 28.3 Å². The molecule has 0 bridgehead atoms. The number of rotatable bonds is 5. The standard InChI is InChI=1S/C22H26N2O4/c1-27-18-11-12-19(20(15-18)28-2)23-21(25)16-7-9-17(10-8-16)22(26)24-13-5-3-4-6-14-24/h7-12,15H,3-6,13-14H2,1-2H3,(H,23,25). The fourth-order valence-electron chi connectivity index (χ4n) is 3.32. The van der Waals surface area contributed by atoms with Gasteiger partial charge in [0.1, 0.15) is 11.5 Å². The summed E-state index contributed by atoms with van der Waals surface area (Å²) in [5.74, 6) is 0.926. The van der Waals surface area contributed by atoms with Crippen LogP contribution in [0.2, 0.25) is 0 Å². The number of nitrogens with zero attached hydrogens (tertiary/aromatic N) is 1. The highest BCUT2D eigenvalue weighted by Crippen LogP contribution is 2.29. The molecule has 2 aromatic rings. The number of carbonyl (C=O) groups is 2. The van der Waals surface area contributed by atoms with E-state index >= 15 is 0 Å². The van der Waals surface area contributed by atoms with Gasteiger partial charge in [0.15, 0.2) is 0 Å². The molecule has 0 aliphatic carbocycles. The van der Waals surface area contributed by atoms with Crippen LogP contribution in [0.5, 0.6) is 11.5 Å². The smallest absolute Gasteiger partial charge is 0.255 e. The zero-order valence-corrected chi connectivity index (χ0v) is 16.4. The second-order valence-corrected chi connectivity index (χ2v) is 6.80. The minimum atomic E-state index is -0.266. The molecule has 1 aliphatic rings. The summed E-state index contributed by atoms with van der Waals surface area (Å²) in [4.78, 5) is 27.1. The van der Waals surface area contributed by atoms with Crippen molar-refractivity contribution in [1.82, 2.24) is 4.90 Å². The fraction of sp³-hybridized carbons (Fsp3) is 0.364. The van der Waals surface area contributed by atoms with Gasteiger partial charge in [0.25, 0.3) is 11.8 Å². The largest absolute Gasteiger partial charge is 0.497 e. The third kappa shape index (κ3) is 4.63. The molecule has 148 valence electrons. The van der Waals surface area contributed by atoms with Gasteiger partial charge in [0, 0.05) is 30.3 Å². The molecule has 0 atom stereocenters. The SMILES string of the molecule is COc1ccc(NC(=O)c2ccc(C(=O)N3CCCCCC3)cc2)c(OC)c1. The first-order valence-electron chi connectivity index (χ1n) is 9.55. The van der Waals surface area contributed by atoms with Gasteiger partial charge in [0.2, 0.25) is 0 Å². The van der Waals surface area contributed by atoms with E-state index in [1.807, 2.05) is 4.90 Å². The number of anilines is 1. The first-order valence-corrected chi connectivity index (χ1v) is 9.55. The van der Waals surface area contributed by atoms with Crippen LogP contribution in [0.3, 0.4) is 0 Å². The Kier molecular flexibility index (Phi) is 6.53. The lowest BCUT2D eigenvalue weighted by molar-refractivity contribution is 0.0761. The average Bonchev–Trinajstić information content (AvgIpc) is 3.03. The van der Waals surface area contributed by atoms with Crippen molar-refractivity contribution >= 4 is 17.5 Å². The molecule has 1 aliphatic heterocycles. The van der Waals surface area contributed by atoms with Crippen molar-refractivity contribution in [2.75, 3.05) is 32.6 Å². The van der Waals surface area contributed by atoms with E-state index in [-0.39, 0.29) is 11.8 Å². The summed E-state index contributed by atoms with van der Waals surface area (Å²) in [5, 5.41) is 2.83. The molecular formula is C22H26N2O4. The van der Waals surface area contributed by atoms with E-state index in [1.54, 1.807) is 49.6 Å². The molecule has 0 aromatic heterocycles. The first kappa shape index (κ1) is 19.7. The van der Waals surface area contributed by atoms with Crippen molar-refractivity contribution in [2.45, 2.75) is 25.7 Å². The summed E-state index contributed by atoms with van der Waals surface area (Å²) >= 11 is 0. The molecule has 6 nitrogen and oxygen atoms in total. The lowest BCUT2D eigenvalue weighted by atomic mass is 10.1. The van der Waals surface area contributed by atoms with Crippen molar-refractivity contribution in [3.05, 3.63) is 53.6 Å². The Hall–Kier alpha value is -3.02. The number of carbonyl (C=O) groups excluding carboxylic acids is 2. The molecule has 2 aromatic carbocycles. The number of hydrogen-bond donors (Lipinski definition) is 1. The Labute approximate surface area is 165 Å². The van der Waals surface area contributed by atoms with Crippen molar-refractivity contribution < 1.29 is 19.1 Å². The monoisotopic (exact) mass is 382 g/mol. The topological polar surface area (TPSA) is 67.9 Å². The van der Waals surface area contributed by atoms with Gasteiger partial charge in [-0.1, -0.05) is 12.8 Å². The predicted molar refractivity (Wildman–Crippen MR) is 108 cm³/mol. The molecule has 1 fully saturated rings. The second-order valence-electron chi connectivity index (χ2n) is 6.80. The van der Waals surface area contributed by atoms with E-state index in [2.05, 4.69) is 5.32 Å². The normalized spacial score (nSPS) is 14.1. The lowest BCUT2D eigenvalue weighted by Gasteiger charge is -2.20. The lowest BCUT2D eigenvalue weighted by Crippen LogP contribution is -2.31. The predicted octanol–water partition coefficient (Wildman–Crippen LogP) is 3.97. The number of nitrogens with one attached hydrogen (secondary N) is 1. The van der Waals surface area contributed by atoms with E-state index < -0.39 is 0 Å². The van der Waals surface area contributed by atoms with Crippen LogP contribution >= 0.6 is 0 Å². The van der Waals surface area contributed by atoms with Gasteiger partial charge in [-0.15, -0.1) is 0 Å². The number of ether oxygens (including phenoxy) is 2. The molecular weight excluding hydrogens is 356 g/mol. The van der Waals surface area contributed by atoms with Crippen LogP contribution in [-0.2, 0) is 0 Å². The maximum Gasteiger partial charge on any atom is 0.255 e. The van der Waals surface area contributed by atoms with E-state index in [0.717, 1.165) is 25.9 Å². The Morgan fingerprint density at radius 1 is 0.857 bits per heavy atom. The summed E-state index contributed by atoms with van der Waals surface area (Å²) in [6, 6.07) is 12.0. The molecule has 28 heavy (non-hydrogen) atoms. The fourth-order valence-corrected chi connectivity index (χ4v) is 3.32. The van der Waals surface area contributed by atoms with Gasteiger partial charge >= 0.3 is 0 Å². The Morgan fingerprint density at radius 3 is 2.11 bits per heavy atom. The highest BCUT2D eigenvalue weighted by molar-refractivity contribution is 6.05. The first-order chi connectivity index (χ1) is 13.6. The number of amides is 2. The van der Waals surface area contributed by atoms with E-state index in [1.165, 1.54) is 20.0 Å². The van der Waals surface area contributed by atoms with Gasteiger partial charge in [-0.2, -0.15) is 0 Å². The van der Waals surface area contributed by atoms with Gasteiger partial charge < -0.3 is 19.7 Å². The quantitative estimate of drug-likeness (QED) is 0.850. The van der Waals surface area contributed by atoms with E-state index in [4.69, 9.17) is 9.47 Å². The molecule has 0 unspecified atom stereocenters. The van der Waals surface area contributed by atoms with Crippen LogP contribution in [0, 0.1) is 0 Å². The van der Waals surface area contributed by atoms with Crippen molar-refractivity contribution in [3.8, 4) is 11.5 Å². The molecule has 1 N–H and O–H groups in total. The third-order valence-corrected chi connectivity index (χ3v) is 4.94. The van der Waals surface area contributed by atoms with Crippen LogP contribution < -0.4 is 14.8 Å². The molecule has 2 amide bonds. The molecule has 6 heteroatoms. The number of benzene rings is 2. The Balaban J connectivity index is 1.69. The van der Waals surface area contributed by atoms with Crippen LogP contribution in [0.4, 0.5) is 5.69 Å². The highest BCUT2D eigenvalue weighted by Gasteiger charge is 2.18. The summed E-state index contributed by atoms with van der Waals surface area (Å²) in [6.07, 6.45) is 4.46. The van der Waals surface area contributed by atoms with Crippen LogP contribution in [0.15, 0.2) is 42.5 Å². The van der Waals surface area contributed by atoms with Crippen molar-refractivity contribution in [2.24, 2.45) is 0 Å². The third-order valence-electron chi connectivity index (χ3n) is 4.94. The van der Waals surface area contributed by atoms with E-state index in [9.17, 15) is 9.59 Å². The molecule has 1 saturated heterocycles. The highest BCUT2D eigenvalue weighted by atomic mass is 16.5. The van der Waals surface area contributed by atoms with Crippen LogP contribution in [0.25, 0.3) is 0 Å². The summed E-state index contributed by atoms with van der Waals surface area (Å²) in [6.45, 7) is 1.61. The molecule has 0 spiro atoms. The summed E-state index contributed by atoms with van der Waals surface area (Å²) < 4.78 is 10.5. The zero-order chi connectivity index (χ0) is 19.9. The number of likely N-dealkylation sites (tertiary alicyclic amines) is 1. The molecule has 3 rings (SSSR count). The van der Waals surface area contributed by atoms with Gasteiger partial charge in [0.05, 0.1) is 19.9 Å². The Morgan fingerprint density at radius 2 is 1.50 bits per heavy atom. The van der Waals surface area contributed by atoms with Gasteiger partial charge in [-0.25, -0.2) is 0 Å². The minimum absolute atomic E-state index is 0.0330. The van der Waals surface area contributed by atoms with Crippen molar-refractivity contribution in [1.29, 1.82) is 0 Å². The maximum absolute atomic E-state index is 12.7. The average molecular weight is 382 g/mol. The van der Waals surface area contributed by atoms with Crippen molar-refractivity contribution in [3.63, 3.8) is 0 Å². The Bertz CT molecular complexity index is 825. The molecule has 1 heterocycles. The summed E-state index contributed by atoms with van der Waals surface area (Å²) in [5.41, 5.74) is 1.64. The minimum Gasteiger partial charge on any atom is -0.497 e. The molecule has 0 saturated carbocycles. The van der Waals surface area contributed by atoms with Crippen LogP contribution in [-0.4, -0.2) is 44.0 Å². The van der Waals surface area contributed by atoms with Crippen LogP contribution in [0.1, 0.15) is 46.4 Å². The van der Waals surface area contributed by atoms with Gasteiger partial charge in [-0.05, 0) is 49.2 Å². The second kappa shape index (κ2) is 9.26. The number of methoxy groups -OCH3 is 2.